The van der Waals surface area contributed by atoms with Gasteiger partial charge in [-0.1, -0.05) is 79.2 Å². The lowest BCUT2D eigenvalue weighted by Gasteiger charge is -2.63. The Balaban J connectivity index is 0.888. The molecule has 6 N–H and O–H groups in total. The van der Waals surface area contributed by atoms with Crippen LogP contribution in [0.5, 0.6) is 0 Å². The summed E-state index contributed by atoms with van der Waals surface area (Å²) in [5.74, 6) is 0.525. The normalized spacial score (nSPS) is 46.6. The first kappa shape index (κ1) is 63.3. The first-order valence-electron chi connectivity index (χ1n) is 28.9. The topological polar surface area (TPSA) is 338 Å². The second kappa shape index (κ2) is 21.6. The average Bonchev–Trinajstić information content (AvgIpc) is 4.07. The van der Waals surface area contributed by atoms with Crippen LogP contribution in [0.1, 0.15) is 165 Å². The molecule has 0 bridgehead atoms. The van der Waals surface area contributed by atoms with Crippen LogP contribution in [0.25, 0.3) is 0 Å². The van der Waals surface area contributed by atoms with E-state index in [0.717, 1.165) is 57.8 Å². The van der Waals surface area contributed by atoms with Crippen molar-refractivity contribution in [3.8, 4) is 0 Å². The van der Waals surface area contributed by atoms with Crippen molar-refractivity contribution in [2.24, 2.45) is 110 Å². The van der Waals surface area contributed by atoms with Gasteiger partial charge in [0, 0.05) is 0 Å². The average molecular weight is 1230 g/mol. The van der Waals surface area contributed by atoms with Gasteiger partial charge in [0.2, 0.25) is 0 Å². The largest absolute Gasteiger partial charge is 0.397 e. The number of allylic oxidation sites excluding steroid dienone is 4. The minimum absolute atomic E-state index is 0.00923. The highest BCUT2D eigenvalue weighted by Crippen LogP contribution is 2.71. The molecule has 21 nitrogen and oxygen atoms in total. The van der Waals surface area contributed by atoms with Crippen molar-refractivity contribution >= 4 is 52.0 Å². The van der Waals surface area contributed by atoms with Gasteiger partial charge in [-0.3, -0.25) is 22.8 Å². The van der Waals surface area contributed by atoms with E-state index in [1.807, 2.05) is 13.8 Å². The zero-order chi connectivity index (χ0) is 59.1. The molecule has 8 saturated carbocycles. The first-order chi connectivity index (χ1) is 36.6. The highest BCUT2D eigenvalue weighted by molar-refractivity contribution is 7.81. The van der Waals surface area contributed by atoms with Crippen molar-refractivity contribution in [3.63, 3.8) is 0 Å². The maximum Gasteiger partial charge on any atom is 0.397 e. The van der Waals surface area contributed by atoms with Gasteiger partial charge in [0.1, 0.15) is 18.3 Å². The fraction of sp³-hybridized carbons (Fsp3) is 0.926. The van der Waals surface area contributed by atoms with Crippen LogP contribution in [-0.2, 0) is 72.9 Å². The van der Waals surface area contributed by atoms with E-state index in [1.54, 1.807) is 0 Å². The van der Waals surface area contributed by atoms with E-state index in [1.165, 1.54) is 5.57 Å². The Hall–Kier alpha value is -1.21. The van der Waals surface area contributed by atoms with Crippen LogP contribution in [-0.4, -0.2) is 107 Å². The SMILES string of the molecule is CC1=CC(C)(C)[C@@H](C=C[C@@H](C)[C@H]2CC[C@H]3[C@@H]4C[C@H](OS(=O)(=O)O)[C@H]5C[C@H](O)[C@@H](OS(=O)(=O)O)C[C@]5(C)[C@H]4CC[C@]23C)[C@H]1CC[C@@H](C)[C@H]1CC[C@H]2[C@@H]3C[C@H](OS(=O)(=O)O)[C@H]4C[C@H](OS(=O)(=O)O)[C@@H](OS(=O)(=O)O)C[C@]4(C)[C@H]3CC[C@]12C. The van der Waals surface area contributed by atoms with Gasteiger partial charge in [-0.15, -0.1) is 0 Å². The standard InChI is InChI=1S/C54H88O21S5/c1-29(35-14-16-39-34-23-46(72-77(59,60)61)43-25-47(73-78(62,63)64)49(75-80(68,69)70)28-54(43,9)41(34)19-21-51(35,39)6)10-12-32-31(3)26-50(4,5)37(32)13-11-30(2)36-15-17-38-33-22-45(71-76(56,57)58)42-24-44(55)48(74-79(65,66)67)27-53(42,8)40(33)18-20-52(36,38)7/h11,13,26,29-30,32-49,55H,10,12,14-25,27-28H2,1-9H3,(H,56,57,58)(H,59,60,61)(H,62,63,64)(H,65,66,67)(H,68,69,70)/t29-,30-,32+,33+,34+,35-,36-,37+,38+,39+,40+,41+,42-,43-,44+,45+,46+,47+,48+,49+,51-,52-,53-,54-/m1/s1. The Morgan fingerprint density at radius 3 is 1.44 bits per heavy atom. The monoisotopic (exact) mass is 1230 g/mol. The molecule has 26 heteroatoms. The van der Waals surface area contributed by atoms with Crippen LogP contribution < -0.4 is 0 Å². The zero-order valence-corrected chi connectivity index (χ0v) is 51.5. The van der Waals surface area contributed by atoms with E-state index in [9.17, 15) is 70.0 Å². The third-order valence-corrected chi connectivity index (χ3v) is 26.5. The summed E-state index contributed by atoms with van der Waals surface area (Å²) in [6.07, 6.45) is 8.56. The van der Waals surface area contributed by atoms with Crippen molar-refractivity contribution in [3.05, 3.63) is 23.8 Å². The first-order valence-corrected chi connectivity index (χ1v) is 35.7. The van der Waals surface area contributed by atoms with Crippen molar-refractivity contribution in [2.75, 3.05) is 0 Å². The quantitative estimate of drug-likeness (QED) is 0.0584. The molecule has 8 fully saturated rings. The van der Waals surface area contributed by atoms with Crippen LogP contribution in [0, 0.1) is 110 Å². The fourth-order valence-corrected chi connectivity index (χ4v) is 23.7. The molecule has 9 aliphatic carbocycles. The maximum atomic E-state index is 12.4. The Morgan fingerprint density at radius 1 is 0.525 bits per heavy atom. The summed E-state index contributed by atoms with van der Waals surface area (Å²) >= 11 is 0. The number of hydrogen-bond acceptors (Lipinski definition) is 16. The molecule has 0 aromatic carbocycles. The molecule has 0 aromatic rings. The van der Waals surface area contributed by atoms with Gasteiger partial charge in [0.15, 0.2) is 0 Å². The molecule has 0 amide bonds. The van der Waals surface area contributed by atoms with Gasteiger partial charge < -0.3 is 5.11 Å². The van der Waals surface area contributed by atoms with Crippen LogP contribution in [0.4, 0.5) is 0 Å². The molecule has 0 heterocycles. The second-order valence-electron chi connectivity index (χ2n) is 28.3. The predicted octanol–water partition coefficient (Wildman–Crippen LogP) is 8.87. The summed E-state index contributed by atoms with van der Waals surface area (Å²) in [5.41, 5.74) is -0.655. The smallest absolute Gasteiger partial charge is 0.390 e. The molecular weight excluding hydrogens is 1140 g/mol. The Labute approximate surface area is 475 Å². The van der Waals surface area contributed by atoms with E-state index in [2.05, 4.69) is 66.7 Å². The zero-order valence-electron chi connectivity index (χ0n) is 47.4. The summed E-state index contributed by atoms with van der Waals surface area (Å²) in [7, 11) is -25.1. The van der Waals surface area contributed by atoms with Gasteiger partial charge in [-0.25, -0.2) is 20.9 Å². The third-order valence-electron chi connectivity index (χ3n) is 24.0. The number of fused-ring (bicyclic) bond motifs is 10. The molecule has 0 radical (unpaired) electrons. The van der Waals surface area contributed by atoms with E-state index in [4.69, 9.17) is 20.9 Å². The highest BCUT2D eigenvalue weighted by Gasteiger charge is 2.67. The number of aliphatic hydroxyl groups is 1. The lowest BCUT2D eigenvalue weighted by Crippen LogP contribution is -2.62. The van der Waals surface area contributed by atoms with Crippen LogP contribution in [0.15, 0.2) is 23.8 Å². The van der Waals surface area contributed by atoms with Crippen LogP contribution in [0.2, 0.25) is 0 Å². The van der Waals surface area contributed by atoms with Crippen molar-refractivity contribution in [1.82, 2.24) is 0 Å². The highest BCUT2D eigenvalue weighted by atomic mass is 32.3. The minimum Gasteiger partial charge on any atom is -0.390 e. The van der Waals surface area contributed by atoms with Crippen molar-refractivity contribution in [2.45, 2.75) is 202 Å². The number of hydrogen-bond donors (Lipinski definition) is 6. The Kier molecular flexibility index (Phi) is 17.1. The number of rotatable bonds is 17. The van der Waals surface area contributed by atoms with Crippen LogP contribution in [0.3, 0.4) is 0 Å². The molecule has 0 unspecified atom stereocenters. The Bertz CT molecular complexity index is 2990. The molecule has 80 heavy (non-hydrogen) atoms. The molecular formula is C54H88O21S5. The molecule has 9 aliphatic rings. The molecule has 0 spiro atoms. The molecule has 9 rings (SSSR count). The van der Waals surface area contributed by atoms with Crippen molar-refractivity contribution < 1.29 is 90.9 Å². The fourth-order valence-electron chi connectivity index (χ4n) is 21.2. The maximum absolute atomic E-state index is 12.4. The van der Waals surface area contributed by atoms with E-state index in [0.29, 0.717) is 36.5 Å². The third kappa shape index (κ3) is 12.4. The molecule has 0 saturated heterocycles. The molecule has 24 atom stereocenters. The minimum atomic E-state index is -5.15. The van der Waals surface area contributed by atoms with Crippen LogP contribution >= 0.6 is 0 Å². The van der Waals surface area contributed by atoms with E-state index < -0.39 is 111 Å². The van der Waals surface area contributed by atoms with E-state index in [-0.39, 0.29) is 95.7 Å². The summed E-state index contributed by atoms with van der Waals surface area (Å²) in [4.78, 5) is 0. The van der Waals surface area contributed by atoms with Gasteiger partial charge in [-0.2, -0.15) is 42.1 Å². The Morgan fingerprint density at radius 2 is 0.938 bits per heavy atom. The number of aliphatic hydroxyl groups excluding tert-OH is 1. The molecule has 0 aliphatic heterocycles. The molecule has 0 aromatic heterocycles. The summed E-state index contributed by atoms with van der Waals surface area (Å²) in [6.45, 7) is 20.0. The molecule has 460 valence electrons. The van der Waals surface area contributed by atoms with Gasteiger partial charge >= 0.3 is 52.0 Å². The van der Waals surface area contributed by atoms with E-state index >= 15 is 0 Å². The lowest BCUT2D eigenvalue weighted by molar-refractivity contribution is -0.186. The van der Waals surface area contributed by atoms with Gasteiger partial charge in [0.25, 0.3) is 0 Å². The summed E-state index contributed by atoms with van der Waals surface area (Å²) in [5, 5.41) is 11.0. The summed E-state index contributed by atoms with van der Waals surface area (Å²) < 4.78 is 196. The van der Waals surface area contributed by atoms with Gasteiger partial charge in [-0.05, 0) is 220 Å². The van der Waals surface area contributed by atoms with Crippen molar-refractivity contribution in [1.29, 1.82) is 0 Å². The second-order valence-corrected chi connectivity index (χ2v) is 33.5. The predicted molar refractivity (Wildman–Crippen MR) is 291 cm³/mol. The summed E-state index contributed by atoms with van der Waals surface area (Å²) in [6, 6.07) is 0. The van der Waals surface area contributed by atoms with Gasteiger partial charge in [0.05, 0.1) is 18.3 Å². The lowest BCUT2D eigenvalue weighted by atomic mass is 9.43.